The molecule has 1 unspecified atom stereocenters. The van der Waals surface area contributed by atoms with Gasteiger partial charge in [0.15, 0.2) is 5.75 Å². The second kappa shape index (κ2) is 8.21. The van der Waals surface area contributed by atoms with Gasteiger partial charge in [-0.3, -0.25) is 4.99 Å². The maximum absolute atomic E-state index is 13.2. The number of halogens is 3. The lowest BCUT2D eigenvalue weighted by atomic mass is 9.90. The van der Waals surface area contributed by atoms with Crippen LogP contribution in [0.25, 0.3) is 11.3 Å². The molecule has 0 amide bonds. The van der Waals surface area contributed by atoms with E-state index in [0.717, 1.165) is 6.42 Å². The quantitative estimate of drug-likeness (QED) is 0.558. The Morgan fingerprint density at radius 3 is 2.46 bits per heavy atom. The molecule has 4 nitrogen and oxygen atoms in total. The Bertz CT molecular complexity index is 854. The predicted molar refractivity (Wildman–Crippen MR) is 106 cm³/mol. The van der Waals surface area contributed by atoms with Crippen molar-refractivity contribution in [1.29, 1.82) is 0 Å². The topological polar surface area (TPSA) is 54.7 Å². The van der Waals surface area contributed by atoms with E-state index >= 15 is 0 Å². The van der Waals surface area contributed by atoms with Crippen LogP contribution in [0.2, 0.25) is 0 Å². The summed E-state index contributed by atoms with van der Waals surface area (Å²) >= 11 is 1.38. The molecular weight excluding hydrogens is 389 g/mol. The minimum atomic E-state index is -4.91. The van der Waals surface area contributed by atoms with E-state index < -0.39 is 17.7 Å². The Morgan fingerprint density at radius 2 is 2.00 bits per heavy atom. The van der Waals surface area contributed by atoms with Crippen LogP contribution in [0.15, 0.2) is 21.9 Å². The molecule has 1 aromatic heterocycles. The first-order valence-electron chi connectivity index (χ1n) is 8.95. The maximum Gasteiger partial charge on any atom is 0.573 e. The molecule has 1 aromatic carbocycles. The van der Waals surface area contributed by atoms with Crippen LogP contribution < -0.4 is 4.74 Å². The van der Waals surface area contributed by atoms with Crippen molar-refractivity contribution < 1.29 is 23.0 Å². The van der Waals surface area contributed by atoms with Crippen LogP contribution in [0.4, 0.5) is 18.9 Å². The molecule has 28 heavy (non-hydrogen) atoms. The summed E-state index contributed by atoms with van der Waals surface area (Å²) < 4.78 is 44.0. The molecule has 154 valence electrons. The van der Waals surface area contributed by atoms with Gasteiger partial charge in [0.05, 0.1) is 16.8 Å². The van der Waals surface area contributed by atoms with Gasteiger partial charge in [0.25, 0.3) is 0 Å². The molecule has 0 bridgehead atoms. The highest BCUT2D eigenvalue weighted by molar-refractivity contribution is 7.07. The summed E-state index contributed by atoms with van der Waals surface area (Å²) in [6, 6.07) is 1.50. The van der Waals surface area contributed by atoms with E-state index in [1.807, 2.05) is 13.8 Å². The van der Waals surface area contributed by atoms with Crippen LogP contribution in [0, 0.1) is 12.8 Å². The lowest BCUT2D eigenvalue weighted by Crippen LogP contribution is -2.23. The molecule has 1 N–H and O–H groups in total. The first-order valence-corrected chi connectivity index (χ1v) is 9.89. The zero-order valence-electron chi connectivity index (χ0n) is 16.8. The number of ether oxygens (including phenoxy) is 1. The SMILES string of the molecule is CCC(C)/C(C)=N\c1c(C)c(-c2cscn2)cc(C(C)(C)O)c1OC(F)(F)F. The number of aliphatic hydroxyl groups is 1. The first-order chi connectivity index (χ1) is 12.8. The second-order valence-corrected chi connectivity index (χ2v) is 8.04. The average Bonchev–Trinajstić information content (AvgIpc) is 3.09. The number of hydrogen-bond acceptors (Lipinski definition) is 5. The van der Waals surface area contributed by atoms with E-state index in [0.29, 0.717) is 22.5 Å². The van der Waals surface area contributed by atoms with Crippen LogP contribution in [0.5, 0.6) is 5.75 Å². The molecule has 0 aliphatic rings. The molecule has 2 aromatic rings. The van der Waals surface area contributed by atoms with Crippen molar-refractivity contribution in [2.75, 3.05) is 0 Å². The van der Waals surface area contributed by atoms with E-state index in [2.05, 4.69) is 14.7 Å². The van der Waals surface area contributed by atoms with Gasteiger partial charge in [0.2, 0.25) is 0 Å². The van der Waals surface area contributed by atoms with Crippen LogP contribution >= 0.6 is 11.3 Å². The number of alkyl halides is 3. The van der Waals surface area contributed by atoms with Crippen LogP contribution in [-0.2, 0) is 5.60 Å². The number of aliphatic imine (C=N–C) groups is 1. The van der Waals surface area contributed by atoms with Gasteiger partial charge < -0.3 is 9.84 Å². The number of aromatic nitrogens is 1. The smallest absolute Gasteiger partial charge is 0.403 e. The van der Waals surface area contributed by atoms with Crippen LogP contribution in [-0.4, -0.2) is 22.2 Å². The van der Waals surface area contributed by atoms with E-state index in [1.165, 1.54) is 31.3 Å². The summed E-state index contributed by atoms with van der Waals surface area (Å²) in [4.78, 5) is 8.79. The lowest BCUT2D eigenvalue weighted by molar-refractivity contribution is -0.275. The molecule has 0 fully saturated rings. The molecule has 0 saturated heterocycles. The Labute approximate surface area is 167 Å². The Hall–Kier alpha value is -1.93. The molecular formula is C20H25F3N2O2S. The lowest BCUT2D eigenvalue weighted by Gasteiger charge is -2.26. The van der Waals surface area contributed by atoms with Crippen LogP contribution in [0.3, 0.4) is 0 Å². The minimum Gasteiger partial charge on any atom is -0.403 e. The molecule has 1 atom stereocenters. The van der Waals surface area contributed by atoms with Crippen LogP contribution in [0.1, 0.15) is 52.2 Å². The van der Waals surface area contributed by atoms with E-state index in [-0.39, 0.29) is 17.2 Å². The molecule has 1 heterocycles. The van der Waals surface area contributed by atoms with Gasteiger partial charge in [-0.2, -0.15) is 0 Å². The Kier molecular flexibility index (Phi) is 6.55. The van der Waals surface area contributed by atoms with Crippen molar-refractivity contribution in [1.82, 2.24) is 4.98 Å². The Balaban J connectivity index is 2.89. The van der Waals surface area contributed by atoms with E-state index in [9.17, 15) is 18.3 Å². The third-order valence-corrected chi connectivity index (χ3v) is 5.29. The van der Waals surface area contributed by atoms with Crippen molar-refractivity contribution >= 4 is 22.7 Å². The zero-order chi connectivity index (χ0) is 21.3. The largest absolute Gasteiger partial charge is 0.573 e. The summed E-state index contributed by atoms with van der Waals surface area (Å²) in [6.07, 6.45) is -4.11. The third kappa shape index (κ3) is 5.11. The first kappa shape index (κ1) is 22.4. The highest BCUT2D eigenvalue weighted by atomic mass is 32.1. The van der Waals surface area contributed by atoms with Gasteiger partial charge >= 0.3 is 6.36 Å². The van der Waals surface area contributed by atoms with E-state index in [4.69, 9.17) is 0 Å². The van der Waals surface area contributed by atoms with Crippen molar-refractivity contribution in [2.24, 2.45) is 10.9 Å². The van der Waals surface area contributed by atoms with Gasteiger partial charge in [0.1, 0.15) is 5.69 Å². The highest BCUT2D eigenvalue weighted by Gasteiger charge is 2.37. The fraction of sp³-hybridized carbons (Fsp3) is 0.500. The number of thiazole rings is 1. The number of benzene rings is 1. The predicted octanol–water partition coefficient (Wildman–Crippen LogP) is 6.38. The Morgan fingerprint density at radius 1 is 1.36 bits per heavy atom. The summed E-state index contributed by atoms with van der Waals surface area (Å²) in [5.41, 5.74) is 2.58. The van der Waals surface area contributed by atoms with Crippen molar-refractivity contribution in [3.05, 3.63) is 28.1 Å². The average molecular weight is 414 g/mol. The standard InChI is InChI=1S/C20H25F3N2O2S/c1-7-11(2)13(4)25-17-12(3)14(16-9-28-10-24-16)8-15(19(5,6)26)18(17)27-20(21,22)23/h8-11,26H,7H2,1-6H3/b25-13-. The number of rotatable bonds is 6. The second-order valence-electron chi connectivity index (χ2n) is 7.32. The normalized spacial score (nSPS) is 14.3. The molecule has 0 saturated carbocycles. The minimum absolute atomic E-state index is 0.00845. The van der Waals surface area contributed by atoms with Gasteiger partial charge in [-0.05, 0) is 51.7 Å². The number of nitrogens with zero attached hydrogens (tertiary/aromatic N) is 2. The zero-order valence-corrected chi connectivity index (χ0v) is 17.6. The maximum atomic E-state index is 13.2. The summed E-state index contributed by atoms with van der Waals surface area (Å²) in [5.74, 6) is -0.384. The fourth-order valence-corrected chi connectivity index (χ4v) is 3.30. The van der Waals surface area contributed by atoms with Gasteiger partial charge in [-0.15, -0.1) is 24.5 Å². The van der Waals surface area contributed by atoms with Gasteiger partial charge in [0, 0.05) is 22.2 Å². The van der Waals surface area contributed by atoms with Crippen molar-refractivity contribution in [3.8, 4) is 17.0 Å². The molecule has 0 radical (unpaired) electrons. The molecule has 0 aliphatic heterocycles. The monoisotopic (exact) mass is 414 g/mol. The van der Waals surface area contributed by atoms with Gasteiger partial charge in [-0.25, -0.2) is 4.98 Å². The summed E-state index contributed by atoms with van der Waals surface area (Å²) in [5, 5.41) is 12.4. The third-order valence-electron chi connectivity index (χ3n) is 4.71. The number of hydrogen-bond donors (Lipinski definition) is 1. The molecule has 0 aliphatic carbocycles. The summed E-state index contributed by atoms with van der Waals surface area (Å²) in [7, 11) is 0. The fourth-order valence-electron chi connectivity index (χ4n) is 2.75. The molecule has 8 heteroatoms. The van der Waals surface area contributed by atoms with E-state index in [1.54, 1.807) is 24.7 Å². The molecule has 2 rings (SSSR count). The van der Waals surface area contributed by atoms with Crippen molar-refractivity contribution in [3.63, 3.8) is 0 Å². The summed E-state index contributed by atoms with van der Waals surface area (Å²) in [6.45, 7) is 10.2. The molecule has 0 spiro atoms. The van der Waals surface area contributed by atoms with Crippen molar-refractivity contribution in [2.45, 2.75) is 59.9 Å². The van der Waals surface area contributed by atoms with Gasteiger partial charge in [-0.1, -0.05) is 13.8 Å². The highest BCUT2D eigenvalue weighted by Crippen LogP contribution is 2.46.